The lowest BCUT2D eigenvalue weighted by molar-refractivity contribution is -0.134. The highest BCUT2D eigenvalue weighted by Crippen LogP contribution is 2.36. The zero-order valence-electron chi connectivity index (χ0n) is 9.76. The molecule has 0 heterocycles. The van der Waals surface area contributed by atoms with E-state index in [1.165, 1.54) is 0 Å². The van der Waals surface area contributed by atoms with Crippen molar-refractivity contribution in [3.63, 3.8) is 0 Å². The van der Waals surface area contributed by atoms with Gasteiger partial charge in [-0.05, 0) is 32.6 Å². The van der Waals surface area contributed by atoms with E-state index >= 15 is 0 Å². The quantitative estimate of drug-likeness (QED) is 0.703. The van der Waals surface area contributed by atoms with E-state index in [1.54, 1.807) is 0 Å². The molecular weight excluding hydrogens is 176 g/mol. The van der Waals surface area contributed by atoms with Crippen molar-refractivity contribution < 1.29 is 9.90 Å². The van der Waals surface area contributed by atoms with Gasteiger partial charge in [0.05, 0.1) is 5.60 Å². The fourth-order valence-corrected chi connectivity index (χ4v) is 2.30. The Bertz CT molecular complexity index is 223. The highest BCUT2D eigenvalue weighted by Gasteiger charge is 2.37. The molecule has 2 heteroatoms. The number of carbonyl (C=O) groups excluding carboxylic acids is 1. The summed E-state index contributed by atoms with van der Waals surface area (Å²) >= 11 is 0. The molecule has 2 nitrogen and oxygen atoms in total. The summed E-state index contributed by atoms with van der Waals surface area (Å²) < 4.78 is 0. The fraction of sp³-hybridized carbons (Fsp3) is 0.917. The highest BCUT2D eigenvalue weighted by atomic mass is 16.3. The lowest BCUT2D eigenvalue weighted by Crippen LogP contribution is -2.38. The molecule has 0 aromatic rings. The van der Waals surface area contributed by atoms with Crippen molar-refractivity contribution in [2.24, 2.45) is 11.3 Å². The topological polar surface area (TPSA) is 37.3 Å². The molecular formula is C12H22O2. The molecule has 0 aromatic heterocycles. The van der Waals surface area contributed by atoms with Crippen LogP contribution in [0.25, 0.3) is 0 Å². The first-order valence-electron chi connectivity index (χ1n) is 5.49. The van der Waals surface area contributed by atoms with E-state index in [9.17, 15) is 9.90 Å². The largest absolute Gasteiger partial charge is 0.390 e. The van der Waals surface area contributed by atoms with Crippen LogP contribution >= 0.6 is 0 Å². The first kappa shape index (κ1) is 11.7. The lowest BCUT2D eigenvalue weighted by atomic mass is 9.72. The van der Waals surface area contributed by atoms with Gasteiger partial charge in [0, 0.05) is 11.3 Å². The van der Waals surface area contributed by atoms with Gasteiger partial charge in [0.1, 0.15) is 5.78 Å². The van der Waals surface area contributed by atoms with Crippen LogP contribution in [0.15, 0.2) is 0 Å². The van der Waals surface area contributed by atoms with Crippen molar-refractivity contribution in [3.8, 4) is 0 Å². The summed E-state index contributed by atoms with van der Waals surface area (Å²) in [6.45, 7) is 7.71. The summed E-state index contributed by atoms with van der Waals surface area (Å²) in [7, 11) is 0. The van der Waals surface area contributed by atoms with Gasteiger partial charge in [-0.3, -0.25) is 4.79 Å². The molecule has 0 spiro atoms. The smallest absolute Gasteiger partial charge is 0.141 e. The van der Waals surface area contributed by atoms with Crippen LogP contribution in [0.2, 0.25) is 0 Å². The third-order valence-corrected chi connectivity index (χ3v) is 3.06. The summed E-state index contributed by atoms with van der Waals surface area (Å²) in [6, 6.07) is 0. The third-order valence-electron chi connectivity index (χ3n) is 3.06. The second kappa shape index (κ2) is 3.65. The van der Waals surface area contributed by atoms with Crippen molar-refractivity contribution in [1.29, 1.82) is 0 Å². The van der Waals surface area contributed by atoms with E-state index in [-0.39, 0.29) is 11.3 Å². The maximum Gasteiger partial charge on any atom is 0.141 e. The number of carbonyl (C=O) groups is 1. The van der Waals surface area contributed by atoms with Gasteiger partial charge in [-0.2, -0.15) is 0 Å². The lowest BCUT2D eigenvalue weighted by Gasteiger charge is -2.35. The fourth-order valence-electron chi connectivity index (χ4n) is 2.30. The number of rotatable bonds is 1. The van der Waals surface area contributed by atoms with E-state index in [4.69, 9.17) is 0 Å². The normalized spacial score (nSPS) is 34.2. The molecule has 0 aliphatic heterocycles. The van der Waals surface area contributed by atoms with Crippen molar-refractivity contribution in [2.45, 2.75) is 59.0 Å². The molecule has 82 valence electrons. The Hall–Kier alpha value is -0.370. The van der Waals surface area contributed by atoms with Crippen LogP contribution in [0.5, 0.6) is 0 Å². The SMILES string of the molecule is CC1(O)CCCC(C(=O)C(C)(C)C)C1. The van der Waals surface area contributed by atoms with Gasteiger partial charge in [0.2, 0.25) is 0 Å². The molecule has 1 rings (SSSR count). The minimum Gasteiger partial charge on any atom is -0.390 e. The van der Waals surface area contributed by atoms with E-state index in [0.29, 0.717) is 12.2 Å². The summed E-state index contributed by atoms with van der Waals surface area (Å²) in [5, 5.41) is 9.91. The van der Waals surface area contributed by atoms with Crippen LogP contribution in [0, 0.1) is 11.3 Å². The van der Waals surface area contributed by atoms with Crippen molar-refractivity contribution >= 4 is 5.78 Å². The van der Waals surface area contributed by atoms with Gasteiger partial charge in [-0.15, -0.1) is 0 Å². The molecule has 0 radical (unpaired) electrons. The van der Waals surface area contributed by atoms with Crippen LogP contribution in [-0.4, -0.2) is 16.5 Å². The Morgan fingerprint density at radius 3 is 2.43 bits per heavy atom. The molecule has 0 aromatic carbocycles. The summed E-state index contributed by atoms with van der Waals surface area (Å²) in [6.07, 6.45) is 3.40. The Balaban J connectivity index is 2.66. The third kappa shape index (κ3) is 2.81. The summed E-state index contributed by atoms with van der Waals surface area (Å²) in [4.78, 5) is 12.0. The molecule has 14 heavy (non-hydrogen) atoms. The Morgan fingerprint density at radius 1 is 1.43 bits per heavy atom. The van der Waals surface area contributed by atoms with E-state index in [0.717, 1.165) is 19.3 Å². The van der Waals surface area contributed by atoms with Crippen LogP contribution < -0.4 is 0 Å². The van der Waals surface area contributed by atoms with Crippen molar-refractivity contribution in [1.82, 2.24) is 0 Å². The second-order valence-corrected chi connectivity index (χ2v) is 5.90. The molecule has 2 unspecified atom stereocenters. The van der Waals surface area contributed by atoms with Gasteiger partial charge in [0.25, 0.3) is 0 Å². The van der Waals surface area contributed by atoms with Gasteiger partial charge in [0.15, 0.2) is 0 Å². The number of Topliss-reactive ketones (excluding diaryl/α,β-unsaturated/α-hetero) is 1. The van der Waals surface area contributed by atoms with Crippen LogP contribution in [-0.2, 0) is 4.79 Å². The van der Waals surface area contributed by atoms with Crippen molar-refractivity contribution in [3.05, 3.63) is 0 Å². The molecule has 1 aliphatic carbocycles. The second-order valence-electron chi connectivity index (χ2n) is 5.90. The van der Waals surface area contributed by atoms with E-state index in [1.807, 2.05) is 27.7 Å². The molecule has 1 aliphatic rings. The predicted octanol–water partition coefficient (Wildman–Crippen LogP) is 2.54. The molecule has 2 atom stereocenters. The zero-order chi connectivity index (χ0) is 11.0. The molecule has 0 amide bonds. The van der Waals surface area contributed by atoms with Gasteiger partial charge >= 0.3 is 0 Å². The van der Waals surface area contributed by atoms with Gasteiger partial charge in [-0.1, -0.05) is 20.8 Å². The maximum atomic E-state index is 12.0. The first-order chi connectivity index (χ1) is 6.22. The summed E-state index contributed by atoms with van der Waals surface area (Å²) in [5.74, 6) is 0.372. The van der Waals surface area contributed by atoms with Gasteiger partial charge < -0.3 is 5.11 Å². The van der Waals surface area contributed by atoms with Crippen LogP contribution in [0.4, 0.5) is 0 Å². The molecule has 0 bridgehead atoms. The average molecular weight is 198 g/mol. The van der Waals surface area contributed by atoms with E-state index < -0.39 is 5.60 Å². The average Bonchev–Trinajstić information content (AvgIpc) is 1.99. The Labute approximate surface area is 86.7 Å². The Morgan fingerprint density at radius 2 is 2.00 bits per heavy atom. The first-order valence-corrected chi connectivity index (χ1v) is 5.49. The number of ketones is 1. The molecule has 1 N–H and O–H groups in total. The van der Waals surface area contributed by atoms with Crippen molar-refractivity contribution in [2.75, 3.05) is 0 Å². The highest BCUT2D eigenvalue weighted by molar-refractivity contribution is 5.86. The number of hydrogen-bond donors (Lipinski definition) is 1. The van der Waals surface area contributed by atoms with Gasteiger partial charge in [-0.25, -0.2) is 0 Å². The number of hydrogen-bond acceptors (Lipinski definition) is 2. The molecule has 1 fully saturated rings. The van der Waals surface area contributed by atoms with Crippen LogP contribution in [0.1, 0.15) is 53.4 Å². The summed E-state index contributed by atoms with van der Waals surface area (Å²) in [5.41, 5.74) is -0.887. The minimum absolute atomic E-state index is 0.0683. The Kier molecular flexibility index (Phi) is 3.05. The molecule has 0 saturated heterocycles. The minimum atomic E-state index is -0.621. The standard InChI is InChI=1S/C12H22O2/c1-11(2,3)10(13)9-6-5-7-12(4,14)8-9/h9,14H,5-8H2,1-4H3. The number of aliphatic hydroxyl groups is 1. The van der Waals surface area contributed by atoms with E-state index in [2.05, 4.69) is 0 Å². The van der Waals surface area contributed by atoms with Crippen LogP contribution in [0.3, 0.4) is 0 Å². The zero-order valence-corrected chi connectivity index (χ0v) is 9.76. The monoisotopic (exact) mass is 198 g/mol. The molecule has 1 saturated carbocycles. The predicted molar refractivity (Wildman–Crippen MR) is 57.0 cm³/mol. The maximum absolute atomic E-state index is 12.0.